The lowest BCUT2D eigenvalue weighted by molar-refractivity contribution is 0.0501. The second-order valence-corrected chi connectivity index (χ2v) is 4.07. The molecule has 2 rings (SSSR count). The Bertz CT molecular complexity index is 499. The first-order chi connectivity index (χ1) is 7.72. The van der Waals surface area contributed by atoms with Gasteiger partial charge in [-0.05, 0) is 12.1 Å². The minimum absolute atomic E-state index is 0.00581. The van der Waals surface area contributed by atoms with E-state index in [0.717, 1.165) is 5.52 Å². The van der Waals surface area contributed by atoms with Gasteiger partial charge in [0.1, 0.15) is 12.2 Å². The van der Waals surface area contributed by atoms with Gasteiger partial charge < -0.3 is 14.4 Å². The molecule has 1 heterocycles. The molecule has 4 nitrogen and oxygen atoms in total. The van der Waals surface area contributed by atoms with Crippen LogP contribution in [0.15, 0.2) is 18.5 Å². The van der Waals surface area contributed by atoms with Crippen molar-refractivity contribution < 1.29 is 9.84 Å². The highest BCUT2D eigenvalue weighted by molar-refractivity contribution is 6.38. The zero-order chi connectivity index (χ0) is 11.5. The van der Waals surface area contributed by atoms with Crippen LogP contribution in [-0.2, 0) is 11.5 Å². The number of hydrogen-bond donors (Lipinski definition) is 1. The monoisotopic (exact) mass is 260 g/mol. The lowest BCUT2D eigenvalue weighted by atomic mass is 10.3. The Morgan fingerprint density at radius 1 is 1.38 bits per heavy atom. The summed E-state index contributed by atoms with van der Waals surface area (Å²) in [5.41, 5.74) is 1.51. The summed E-state index contributed by atoms with van der Waals surface area (Å²) in [5.74, 6) is 0. The van der Waals surface area contributed by atoms with Gasteiger partial charge in [0.2, 0.25) is 0 Å². The molecule has 0 radical (unpaired) electrons. The molecule has 0 amide bonds. The maximum Gasteiger partial charge on any atom is 0.124 e. The maximum atomic E-state index is 8.60. The number of aliphatic hydroxyl groups excluding tert-OH is 1. The van der Waals surface area contributed by atoms with E-state index in [-0.39, 0.29) is 13.2 Å². The van der Waals surface area contributed by atoms with E-state index in [2.05, 4.69) is 4.98 Å². The SMILES string of the molecule is OCCOCn1cnc2c(Cl)cc(Cl)cc21. The van der Waals surface area contributed by atoms with Crippen LogP contribution in [0.25, 0.3) is 11.0 Å². The molecular weight excluding hydrogens is 251 g/mol. The summed E-state index contributed by atoms with van der Waals surface area (Å²) in [6.45, 7) is 0.593. The van der Waals surface area contributed by atoms with Crippen molar-refractivity contribution in [3.8, 4) is 0 Å². The number of nitrogens with zero attached hydrogens (tertiary/aromatic N) is 2. The zero-order valence-corrected chi connectivity index (χ0v) is 9.87. The van der Waals surface area contributed by atoms with E-state index in [0.29, 0.717) is 22.3 Å². The second kappa shape index (κ2) is 5.01. The first-order valence-electron chi connectivity index (χ1n) is 4.71. The van der Waals surface area contributed by atoms with Gasteiger partial charge in [-0.25, -0.2) is 4.98 Å². The van der Waals surface area contributed by atoms with Crippen molar-refractivity contribution in [2.75, 3.05) is 13.2 Å². The van der Waals surface area contributed by atoms with Crippen LogP contribution in [0.2, 0.25) is 10.0 Å². The summed E-state index contributed by atoms with van der Waals surface area (Å²) in [5, 5.41) is 9.68. The normalized spacial score (nSPS) is 11.2. The van der Waals surface area contributed by atoms with Crippen LogP contribution in [0, 0.1) is 0 Å². The lowest BCUT2D eigenvalue weighted by Gasteiger charge is -2.05. The van der Waals surface area contributed by atoms with Gasteiger partial charge in [-0.1, -0.05) is 23.2 Å². The van der Waals surface area contributed by atoms with E-state index >= 15 is 0 Å². The second-order valence-electron chi connectivity index (χ2n) is 3.23. The highest BCUT2D eigenvalue weighted by Crippen LogP contribution is 2.26. The van der Waals surface area contributed by atoms with Crippen LogP contribution in [0.4, 0.5) is 0 Å². The van der Waals surface area contributed by atoms with Crippen LogP contribution < -0.4 is 0 Å². The van der Waals surface area contributed by atoms with Gasteiger partial charge >= 0.3 is 0 Å². The van der Waals surface area contributed by atoms with Crippen LogP contribution in [0.5, 0.6) is 0 Å². The molecule has 0 atom stereocenters. The smallest absolute Gasteiger partial charge is 0.124 e. The van der Waals surface area contributed by atoms with Crippen molar-refractivity contribution in [2.45, 2.75) is 6.73 Å². The standard InChI is InChI=1S/C10H10Cl2N2O2/c11-7-3-8(12)10-9(4-7)14(5-13-10)6-16-2-1-15/h3-5,15H,1-2,6H2. The van der Waals surface area contributed by atoms with E-state index in [9.17, 15) is 0 Å². The Labute approximate surface area is 102 Å². The maximum absolute atomic E-state index is 8.60. The molecule has 1 N–H and O–H groups in total. The van der Waals surface area contributed by atoms with Crippen LogP contribution in [0.1, 0.15) is 0 Å². The van der Waals surface area contributed by atoms with Gasteiger partial charge in [0.15, 0.2) is 0 Å². The van der Waals surface area contributed by atoms with Crippen LogP contribution in [-0.4, -0.2) is 27.9 Å². The van der Waals surface area contributed by atoms with Gasteiger partial charge in [-0.3, -0.25) is 0 Å². The average molecular weight is 261 g/mol. The molecule has 0 saturated carbocycles. The van der Waals surface area contributed by atoms with E-state index < -0.39 is 0 Å². The topological polar surface area (TPSA) is 47.3 Å². The van der Waals surface area contributed by atoms with E-state index in [1.54, 1.807) is 23.0 Å². The number of rotatable bonds is 4. The number of hydrogen-bond acceptors (Lipinski definition) is 3. The Morgan fingerprint density at radius 2 is 2.19 bits per heavy atom. The average Bonchev–Trinajstić information content (AvgIpc) is 2.62. The first kappa shape index (κ1) is 11.7. The first-order valence-corrected chi connectivity index (χ1v) is 5.46. The predicted molar refractivity (Wildman–Crippen MR) is 62.8 cm³/mol. The fourth-order valence-corrected chi connectivity index (χ4v) is 1.95. The molecule has 16 heavy (non-hydrogen) atoms. The number of benzene rings is 1. The third-order valence-electron chi connectivity index (χ3n) is 2.11. The van der Waals surface area contributed by atoms with Crippen molar-refractivity contribution in [1.29, 1.82) is 0 Å². The van der Waals surface area contributed by atoms with Crippen molar-refractivity contribution in [1.82, 2.24) is 9.55 Å². The summed E-state index contributed by atoms with van der Waals surface area (Å²) in [7, 11) is 0. The summed E-state index contributed by atoms with van der Waals surface area (Å²) in [4.78, 5) is 4.17. The minimum atomic E-state index is -0.00581. The molecule has 0 saturated heterocycles. The third kappa shape index (κ3) is 2.30. The summed E-state index contributed by atoms with van der Waals surface area (Å²) in [6, 6.07) is 3.43. The van der Waals surface area contributed by atoms with Gasteiger partial charge in [0.05, 0.1) is 30.1 Å². The zero-order valence-electron chi connectivity index (χ0n) is 8.36. The lowest BCUT2D eigenvalue weighted by Crippen LogP contribution is -2.04. The largest absolute Gasteiger partial charge is 0.394 e. The van der Waals surface area contributed by atoms with Crippen molar-refractivity contribution in [3.63, 3.8) is 0 Å². The molecule has 86 valence electrons. The Balaban J connectivity index is 2.32. The predicted octanol–water partition coefficient (Wildman–Crippen LogP) is 2.31. The molecular formula is C10H10Cl2N2O2. The molecule has 0 fully saturated rings. The molecule has 0 unspecified atom stereocenters. The molecule has 0 aliphatic heterocycles. The van der Waals surface area contributed by atoms with Crippen LogP contribution in [0.3, 0.4) is 0 Å². The molecule has 2 aromatic rings. The van der Waals surface area contributed by atoms with Gasteiger partial charge in [-0.15, -0.1) is 0 Å². The highest BCUT2D eigenvalue weighted by atomic mass is 35.5. The van der Waals surface area contributed by atoms with E-state index in [4.69, 9.17) is 33.0 Å². The fraction of sp³-hybridized carbons (Fsp3) is 0.300. The van der Waals surface area contributed by atoms with Gasteiger partial charge in [0.25, 0.3) is 0 Å². The highest BCUT2D eigenvalue weighted by Gasteiger charge is 2.07. The quantitative estimate of drug-likeness (QED) is 0.859. The summed E-state index contributed by atoms with van der Waals surface area (Å²) < 4.78 is 6.98. The molecule has 6 heteroatoms. The number of aromatic nitrogens is 2. The molecule has 1 aromatic carbocycles. The van der Waals surface area contributed by atoms with Crippen molar-refractivity contribution in [3.05, 3.63) is 28.5 Å². The molecule has 0 aliphatic rings. The number of fused-ring (bicyclic) bond motifs is 1. The Morgan fingerprint density at radius 3 is 2.94 bits per heavy atom. The number of imidazole rings is 1. The third-order valence-corrected chi connectivity index (χ3v) is 2.62. The van der Waals surface area contributed by atoms with Gasteiger partial charge in [-0.2, -0.15) is 0 Å². The van der Waals surface area contributed by atoms with E-state index in [1.807, 2.05) is 0 Å². The van der Waals surface area contributed by atoms with Crippen LogP contribution >= 0.6 is 23.2 Å². The van der Waals surface area contributed by atoms with Gasteiger partial charge in [0, 0.05) is 5.02 Å². The summed E-state index contributed by atoms with van der Waals surface area (Å²) in [6.07, 6.45) is 1.63. The summed E-state index contributed by atoms with van der Waals surface area (Å²) >= 11 is 11.9. The van der Waals surface area contributed by atoms with Crippen molar-refractivity contribution in [2.24, 2.45) is 0 Å². The Hall–Kier alpha value is -0.810. The van der Waals surface area contributed by atoms with E-state index in [1.165, 1.54) is 0 Å². The number of halogens is 2. The number of aliphatic hydroxyl groups is 1. The fourth-order valence-electron chi connectivity index (χ4n) is 1.42. The molecule has 0 spiro atoms. The Kier molecular flexibility index (Phi) is 3.66. The number of ether oxygens (including phenoxy) is 1. The minimum Gasteiger partial charge on any atom is -0.394 e. The molecule has 0 aliphatic carbocycles. The molecule has 0 bridgehead atoms. The van der Waals surface area contributed by atoms with Crippen molar-refractivity contribution >= 4 is 34.2 Å². The molecule has 1 aromatic heterocycles.